The molecule has 1 aromatic carbocycles. The van der Waals surface area contributed by atoms with Crippen molar-refractivity contribution < 1.29 is 33.0 Å². The molecule has 1 amide bonds. The molecule has 1 atom stereocenters. The smallest absolute Gasteiger partial charge is 0.303 e. The Hall–Kier alpha value is -4.28. The fourth-order valence-corrected chi connectivity index (χ4v) is 5.80. The SMILES string of the molecule is COc1ccc(C(=O)N(CC(C)(F)F)c2ccccn2)c(N2CCC(COc3cc(C(CC(=O)O)C4CC4)ccn3)CC2)c1. The molecule has 1 aliphatic carbocycles. The highest BCUT2D eigenvalue weighted by molar-refractivity contribution is 6.09. The predicted octanol–water partition coefficient (Wildman–Crippen LogP) is 6.05. The number of carboxylic acid groups (broad SMARTS) is 1. The number of rotatable bonds is 13. The van der Waals surface area contributed by atoms with Crippen LogP contribution in [0.5, 0.6) is 11.6 Å². The third-order valence-corrected chi connectivity index (χ3v) is 8.24. The normalized spacial score (nSPS) is 16.3. The number of hydrogen-bond acceptors (Lipinski definition) is 7. The van der Waals surface area contributed by atoms with Gasteiger partial charge in [-0.25, -0.2) is 18.7 Å². The molecule has 9 nitrogen and oxygen atoms in total. The van der Waals surface area contributed by atoms with Gasteiger partial charge in [-0.1, -0.05) is 6.07 Å². The number of aliphatic carboxylic acids is 1. The molecule has 0 spiro atoms. The topological polar surface area (TPSA) is 105 Å². The van der Waals surface area contributed by atoms with Crippen LogP contribution in [-0.4, -0.2) is 66.2 Å². The standard InChI is InChI=1S/C33H38F2N4O5/c1-33(34,35)21-39(29-5-3-4-13-36-29)32(42)26-9-8-25(43-2)18-28(26)38-15-11-22(12-16-38)20-44-30-17-24(10-14-37-30)27(19-31(40)41)23-6-7-23/h3-5,8-10,13-14,17-18,22-23,27H,6-7,11-12,15-16,19-21H2,1-2H3,(H,40,41). The lowest BCUT2D eigenvalue weighted by atomic mass is 9.92. The number of methoxy groups -OCH3 is 1. The van der Waals surface area contributed by atoms with E-state index < -0.39 is 24.3 Å². The van der Waals surface area contributed by atoms with Gasteiger partial charge >= 0.3 is 5.97 Å². The fourth-order valence-electron chi connectivity index (χ4n) is 5.80. The summed E-state index contributed by atoms with van der Waals surface area (Å²) in [6, 6.07) is 13.7. The van der Waals surface area contributed by atoms with E-state index in [1.807, 2.05) is 12.1 Å². The summed E-state index contributed by atoms with van der Waals surface area (Å²) >= 11 is 0. The molecule has 2 aliphatic rings. The number of anilines is 2. The van der Waals surface area contributed by atoms with Crippen molar-refractivity contribution in [3.05, 3.63) is 72.1 Å². The van der Waals surface area contributed by atoms with Gasteiger partial charge in [0, 0.05) is 44.5 Å². The van der Waals surface area contributed by atoms with E-state index in [0.717, 1.165) is 43.1 Å². The highest BCUT2D eigenvalue weighted by atomic mass is 19.3. The minimum Gasteiger partial charge on any atom is -0.497 e. The van der Waals surface area contributed by atoms with Crippen LogP contribution in [0.3, 0.4) is 0 Å². The van der Waals surface area contributed by atoms with Crippen molar-refractivity contribution in [1.29, 1.82) is 0 Å². The Morgan fingerprint density at radius 3 is 2.48 bits per heavy atom. The van der Waals surface area contributed by atoms with Crippen LogP contribution >= 0.6 is 0 Å². The van der Waals surface area contributed by atoms with Gasteiger partial charge in [0.1, 0.15) is 11.6 Å². The number of benzene rings is 1. The first-order chi connectivity index (χ1) is 21.1. The predicted molar refractivity (Wildman–Crippen MR) is 162 cm³/mol. The quantitative estimate of drug-likeness (QED) is 0.250. The van der Waals surface area contributed by atoms with Gasteiger partial charge in [-0.2, -0.15) is 0 Å². The molecule has 5 rings (SSSR count). The van der Waals surface area contributed by atoms with Gasteiger partial charge < -0.3 is 19.5 Å². The first-order valence-corrected chi connectivity index (χ1v) is 15.0. The third kappa shape index (κ3) is 8.00. The summed E-state index contributed by atoms with van der Waals surface area (Å²) in [6.45, 7) is 1.70. The summed E-state index contributed by atoms with van der Waals surface area (Å²) in [5.74, 6) is -2.68. The lowest BCUT2D eigenvalue weighted by Gasteiger charge is -2.35. The maximum Gasteiger partial charge on any atom is 0.303 e. The van der Waals surface area contributed by atoms with Crippen molar-refractivity contribution in [1.82, 2.24) is 9.97 Å². The van der Waals surface area contributed by atoms with Crippen LogP contribution in [0.15, 0.2) is 60.9 Å². The largest absolute Gasteiger partial charge is 0.497 e. The zero-order valence-corrected chi connectivity index (χ0v) is 25.0. The Morgan fingerprint density at radius 1 is 1.07 bits per heavy atom. The third-order valence-electron chi connectivity index (χ3n) is 8.24. The van der Waals surface area contributed by atoms with Crippen LogP contribution in [0, 0.1) is 11.8 Å². The minimum atomic E-state index is -3.12. The fraction of sp³-hybridized carbons (Fsp3) is 0.455. The van der Waals surface area contributed by atoms with E-state index in [2.05, 4.69) is 14.9 Å². The monoisotopic (exact) mass is 608 g/mol. The summed E-state index contributed by atoms with van der Waals surface area (Å²) in [5.41, 5.74) is 1.86. The molecule has 1 unspecified atom stereocenters. The van der Waals surface area contributed by atoms with Gasteiger partial charge in [-0.3, -0.25) is 14.5 Å². The highest BCUT2D eigenvalue weighted by Gasteiger charge is 2.35. The molecule has 1 aliphatic heterocycles. The first kappa shape index (κ1) is 31.2. The summed E-state index contributed by atoms with van der Waals surface area (Å²) < 4.78 is 39.9. The molecule has 0 radical (unpaired) electrons. The molecule has 3 heterocycles. The molecule has 2 fully saturated rings. The summed E-state index contributed by atoms with van der Waals surface area (Å²) in [5, 5.41) is 9.36. The second-order valence-electron chi connectivity index (χ2n) is 11.7. The Balaban J connectivity index is 1.26. The lowest BCUT2D eigenvalue weighted by Crippen LogP contribution is -2.42. The lowest BCUT2D eigenvalue weighted by molar-refractivity contribution is -0.137. The van der Waals surface area contributed by atoms with Gasteiger partial charge in [0.25, 0.3) is 11.8 Å². The highest BCUT2D eigenvalue weighted by Crippen LogP contribution is 2.45. The van der Waals surface area contributed by atoms with Gasteiger partial charge in [-0.05, 0) is 79.3 Å². The van der Waals surface area contributed by atoms with Crippen molar-refractivity contribution in [3.63, 3.8) is 0 Å². The van der Waals surface area contributed by atoms with Gasteiger partial charge in [0.2, 0.25) is 5.88 Å². The number of ether oxygens (including phenoxy) is 2. The molecule has 234 valence electrons. The Labute approximate surface area is 255 Å². The van der Waals surface area contributed by atoms with E-state index in [4.69, 9.17) is 9.47 Å². The number of aromatic nitrogens is 2. The van der Waals surface area contributed by atoms with E-state index in [1.165, 1.54) is 6.20 Å². The number of amides is 1. The first-order valence-electron chi connectivity index (χ1n) is 15.0. The van der Waals surface area contributed by atoms with Crippen molar-refractivity contribution in [2.45, 2.75) is 50.9 Å². The summed E-state index contributed by atoms with van der Waals surface area (Å²) in [7, 11) is 1.54. The summed E-state index contributed by atoms with van der Waals surface area (Å²) in [6.07, 6.45) is 6.90. The zero-order chi connectivity index (χ0) is 31.3. The van der Waals surface area contributed by atoms with Crippen molar-refractivity contribution >= 4 is 23.4 Å². The van der Waals surface area contributed by atoms with Crippen LogP contribution in [0.4, 0.5) is 20.3 Å². The average Bonchev–Trinajstić information content (AvgIpc) is 3.87. The molecule has 44 heavy (non-hydrogen) atoms. The van der Waals surface area contributed by atoms with Crippen LogP contribution in [0.1, 0.15) is 60.9 Å². The van der Waals surface area contributed by atoms with E-state index in [-0.39, 0.29) is 24.1 Å². The molecule has 1 saturated carbocycles. The van der Waals surface area contributed by atoms with Crippen molar-refractivity contribution in [3.8, 4) is 11.6 Å². The zero-order valence-electron chi connectivity index (χ0n) is 25.0. The molecule has 1 N–H and O–H groups in total. The Kier molecular flexibility index (Phi) is 9.61. The van der Waals surface area contributed by atoms with Crippen LogP contribution in [0.25, 0.3) is 0 Å². The molecular weight excluding hydrogens is 570 g/mol. The molecule has 3 aromatic rings. The summed E-state index contributed by atoms with van der Waals surface area (Å²) in [4.78, 5) is 36.8. The van der Waals surface area contributed by atoms with Crippen molar-refractivity contribution in [2.75, 3.05) is 43.2 Å². The average molecular weight is 609 g/mol. The number of alkyl halides is 2. The van der Waals surface area contributed by atoms with E-state index in [0.29, 0.717) is 48.5 Å². The minimum absolute atomic E-state index is 0.0296. The van der Waals surface area contributed by atoms with E-state index in [9.17, 15) is 23.5 Å². The van der Waals surface area contributed by atoms with Gasteiger partial charge in [-0.15, -0.1) is 0 Å². The van der Waals surface area contributed by atoms with E-state index >= 15 is 0 Å². The molecule has 0 bridgehead atoms. The van der Waals surface area contributed by atoms with E-state index in [1.54, 1.807) is 49.7 Å². The second-order valence-corrected chi connectivity index (χ2v) is 11.7. The maximum absolute atomic E-state index is 14.2. The second kappa shape index (κ2) is 13.6. The number of nitrogens with zero attached hydrogens (tertiary/aromatic N) is 4. The van der Waals surface area contributed by atoms with Gasteiger partial charge in [0.05, 0.1) is 37.9 Å². The Morgan fingerprint density at radius 2 is 1.84 bits per heavy atom. The number of halogens is 2. The number of carbonyl (C=O) groups excluding carboxylic acids is 1. The molecule has 2 aromatic heterocycles. The number of piperidine rings is 1. The number of hydrogen-bond donors (Lipinski definition) is 1. The van der Waals surface area contributed by atoms with Gasteiger partial charge in [0.15, 0.2) is 0 Å². The number of pyridine rings is 2. The number of carboxylic acids is 1. The van der Waals surface area contributed by atoms with Crippen LogP contribution in [-0.2, 0) is 4.79 Å². The van der Waals surface area contributed by atoms with Crippen LogP contribution < -0.4 is 19.3 Å². The van der Waals surface area contributed by atoms with Crippen molar-refractivity contribution in [2.24, 2.45) is 11.8 Å². The molecule has 1 saturated heterocycles. The molecule has 11 heteroatoms. The molecular formula is C33H38F2N4O5. The van der Waals surface area contributed by atoms with Crippen LogP contribution in [0.2, 0.25) is 0 Å². The Bertz CT molecular complexity index is 1440. The number of carbonyl (C=O) groups is 2. The maximum atomic E-state index is 14.2.